The second-order valence-electron chi connectivity index (χ2n) is 7.47. The summed E-state index contributed by atoms with van der Waals surface area (Å²) in [5, 5.41) is 5.31. The summed E-state index contributed by atoms with van der Waals surface area (Å²) in [6.07, 6.45) is -9.30. The Kier molecular flexibility index (Phi) is 8.13. The number of anilines is 2. The molecule has 36 heavy (non-hydrogen) atoms. The van der Waals surface area contributed by atoms with Gasteiger partial charge in [0.1, 0.15) is 0 Å². The zero-order chi connectivity index (χ0) is 26.5. The van der Waals surface area contributed by atoms with Gasteiger partial charge in [0.15, 0.2) is 0 Å². The first-order valence-corrected chi connectivity index (χ1v) is 10.7. The highest BCUT2D eigenvalue weighted by atomic mass is 35.5. The fourth-order valence-electron chi connectivity index (χ4n) is 3.14. The van der Waals surface area contributed by atoms with Crippen molar-refractivity contribution in [2.75, 3.05) is 23.3 Å². The lowest BCUT2D eigenvalue weighted by Crippen LogP contribution is -2.41. The van der Waals surface area contributed by atoms with E-state index >= 15 is 0 Å². The van der Waals surface area contributed by atoms with Crippen molar-refractivity contribution in [3.63, 3.8) is 0 Å². The number of amides is 3. The van der Waals surface area contributed by atoms with Gasteiger partial charge in [-0.3, -0.25) is 9.69 Å². The van der Waals surface area contributed by atoms with Crippen LogP contribution in [0.4, 0.5) is 42.5 Å². The molecule has 0 radical (unpaired) electrons. The third-order valence-corrected chi connectivity index (χ3v) is 5.15. The molecule has 0 atom stereocenters. The molecule has 0 aliphatic carbocycles. The molecule has 0 heterocycles. The van der Waals surface area contributed by atoms with Crippen LogP contribution >= 0.6 is 11.6 Å². The van der Waals surface area contributed by atoms with Crippen LogP contribution < -0.4 is 15.5 Å². The highest BCUT2D eigenvalue weighted by Crippen LogP contribution is 2.32. The van der Waals surface area contributed by atoms with Crippen LogP contribution in [0.15, 0.2) is 72.8 Å². The fourth-order valence-corrected chi connectivity index (χ4v) is 3.27. The van der Waals surface area contributed by atoms with Gasteiger partial charge in [0.05, 0.1) is 11.1 Å². The molecular formula is C24H18ClF6N3O2. The monoisotopic (exact) mass is 529 g/mol. The van der Waals surface area contributed by atoms with Gasteiger partial charge in [-0.05, 0) is 60.7 Å². The van der Waals surface area contributed by atoms with Crippen molar-refractivity contribution >= 4 is 34.9 Å². The normalized spacial score (nSPS) is 11.6. The van der Waals surface area contributed by atoms with Gasteiger partial charge in [-0.2, -0.15) is 26.3 Å². The molecule has 0 aliphatic rings. The maximum absolute atomic E-state index is 13.2. The van der Waals surface area contributed by atoms with Gasteiger partial charge in [-0.25, -0.2) is 4.79 Å². The molecule has 0 fully saturated rings. The van der Waals surface area contributed by atoms with Crippen molar-refractivity contribution in [1.29, 1.82) is 0 Å². The first-order valence-electron chi connectivity index (χ1n) is 10.3. The van der Waals surface area contributed by atoms with E-state index in [-0.39, 0.29) is 24.3 Å². The minimum absolute atomic E-state index is 0.107. The Bertz CT molecular complexity index is 1230. The van der Waals surface area contributed by atoms with Crippen LogP contribution in [0.25, 0.3) is 0 Å². The van der Waals surface area contributed by atoms with E-state index in [0.717, 1.165) is 35.2 Å². The van der Waals surface area contributed by atoms with Crippen molar-refractivity contribution in [3.8, 4) is 0 Å². The lowest BCUT2D eigenvalue weighted by Gasteiger charge is -2.24. The Hall–Kier alpha value is -3.73. The molecule has 190 valence electrons. The molecule has 5 nitrogen and oxygen atoms in total. The van der Waals surface area contributed by atoms with E-state index in [9.17, 15) is 35.9 Å². The van der Waals surface area contributed by atoms with Crippen molar-refractivity contribution in [1.82, 2.24) is 5.32 Å². The molecular weight excluding hydrogens is 512 g/mol. The van der Waals surface area contributed by atoms with Crippen LogP contribution in [0, 0.1) is 0 Å². The van der Waals surface area contributed by atoms with Crippen molar-refractivity contribution in [2.24, 2.45) is 0 Å². The quantitative estimate of drug-likeness (QED) is 0.343. The highest BCUT2D eigenvalue weighted by molar-refractivity contribution is 6.30. The van der Waals surface area contributed by atoms with Crippen molar-refractivity contribution in [3.05, 3.63) is 94.5 Å². The largest absolute Gasteiger partial charge is 0.416 e. The lowest BCUT2D eigenvalue weighted by molar-refractivity contribution is -0.138. The number of hydrogen-bond acceptors (Lipinski definition) is 2. The van der Waals surface area contributed by atoms with Gasteiger partial charge in [-0.1, -0.05) is 23.7 Å². The average molecular weight is 530 g/mol. The standard InChI is InChI=1S/C24H18ClF6N3O2/c25-18-7-9-19(10-8-18)33-22(36)34(20-6-2-5-17(14-20)24(29,30)31)12-11-32-21(35)15-3-1-4-16(13-15)23(26,27)28/h1-10,13-14H,11-12H2,(H,32,35)(H,33,36). The molecule has 2 N–H and O–H groups in total. The number of nitrogens with zero attached hydrogens (tertiary/aromatic N) is 1. The minimum Gasteiger partial charge on any atom is -0.350 e. The molecule has 0 aromatic heterocycles. The Morgan fingerprint density at radius 3 is 2.00 bits per heavy atom. The number of alkyl halides is 6. The second-order valence-corrected chi connectivity index (χ2v) is 7.91. The average Bonchev–Trinajstić information content (AvgIpc) is 2.82. The number of halogens is 7. The van der Waals surface area contributed by atoms with E-state index in [2.05, 4.69) is 10.6 Å². The predicted octanol–water partition coefficient (Wildman–Crippen LogP) is 6.85. The molecule has 0 bridgehead atoms. The van der Waals surface area contributed by atoms with E-state index in [1.165, 1.54) is 36.4 Å². The summed E-state index contributed by atoms with van der Waals surface area (Å²) in [4.78, 5) is 26.3. The van der Waals surface area contributed by atoms with Gasteiger partial charge < -0.3 is 10.6 Å². The summed E-state index contributed by atoms with van der Waals surface area (Å²) in [5.74, 6) is -0.844. The molecule has 12 heteroatoms. The number of hydrogen-bond donors (Lipinski definition) is 2. The molecule has 0 aliphatic heterocycles. The summed E-state index contributed by atoms with van der Waals surface area (Å²) in [6, 6.07) is 12.9. The highest BCUT2D eigenvalue weighted by Gasteiger charge is 2.32. The number of benzene rings is 3. The maximum Gasteiger partial charge on any atom is 0.416 e. The van der Waals surface area contributed by atoms with Crippen LogP contribution in [0.2, 0.25) is 5.02 Å². The second kappa shape index (κ2) is 10.9. The van der Waals surface area contributed by atoms with Gasteiger partial charge in [-0.15, -0.1) is 0 Å². The van der Waals surface area contributed by atoms with Crippen molar-refractivity contribution in [2.45, 2.75) is 12.4 Å². The third kappa shape index (κ3) is 7.14. The summed E-state index contributed by atoms with van der Waals surface area (Å²) in [5.41, 5.74) is -2.06. The summed E-state index contributed by atoms with van der Waals surface area (Å²) in [6.45, 7) is -0.551. The molecule has 3 rings (SSSR count). The Labute approximate surface area is 206 Å². The van der Waals surface area contributed by atoms with E-state index in [4.69, 9.17) is 11.6 Å². The molecule has 0 saturated heterocycles. The Balaban J connectivity index is 1.78. The molecule has 0 spiro atoms. The van der Waals surface area contributed by atoms with Crippen LogP contribution in [0.1, 0.15) is 21.5 Å². The molecule has 0 saturated carbocycles. The predicted molar refractivity (Wildman–Crippen MR) is 123 cm³/mol. The third-order valence-electron chi connectivity index (χ3n) is 4.90. The number of carbonyl (C=O) groups excluding carboxylic acids is 2. The maximum atomic E-state index is 13.2. The molecule has 3 aromatic rings. The van der Waals surface area contributed by atoms with E-state index < -0.39 is 35.4 Å². The zero-order valence-corrected chi connectivity index (χ0v) is 19.0. The lowest BCUT2D eigenvalue weighted by atomic mass is 10.1. The van der Waals surface area contributed by atoms with Crippen LogP contribution in [-0.2, 0) is 12.4 Å². The van der Waals surface area contributed by atoms with E-state index in [1.54, 1.807) is 0 Å². The molecule has 0 unspecified atom stereocenters. The minimum atomic E-state index is -4.66. The van der Waals surface area contributed by atoms with Crippen LogP contribution in [0.5, 0.6) is 0 Å². The fraction of sp³-hybridized carbons (Fsp3) is 0.167. The van der Waals surface area contributed by atoms with Gasteiger partial charge in [0.2, 0.25) is 0 Å². The number of carbonyl (C=O) groups is 2. The summed E-state index contributed by atoms with van der Waals surface area (Å²) < 4.78 is 78.4. The van der Waals surface area contributed by atoms with Crippen LogP contribution in [0.3, 0.4) is 0 Å². The first-order chi connectivity index (χ1) is 16.8. The van der Waals surface area contributed by atoms with Crippen molar-refractivity contribution < 1.29 is 35.9 Å². The van der Waals surface area contributed by atoms with Gasteiger partial charge >= 0.3 is 18.4 Å². The van der Waals surface area contributed by atoms with Gasteiger partial charge in [0.25, 0.3) is 5.91 Å². The smallest absolute Gasteiger partial charge is 0.350 e. The molecule has 3 aromatic carbocycles. The molecule has 3 amide bonds. The summed E-state index contributed by atoms with van der Waals surface area (Å²) in [7, 11) is 0. The number of nitrogens with one attached hydrogen (secondary N) is 2. The Morgan fingerprint density at radius 2 is 1.39 bits per heavy atom. The summed E-state index contributed by atoms with van der Waals surface area (Å²) >= 11 is 5.82. The topological polar surface area (TPSA) is 61.4 Å². The van der Waals surface area contributed by atoms with E-state index in [1.807, 2.05) is 0 Å². The number of rotatable bonds is 6. The van der Waals surface area contributed by atoms with Gasteiger partial charge in [0, 0.05) is 35.1 Å². The van der Waals surface area contributed by atoms with Crippen LogP contribution in [-0.4, -0.2) is 25.0 Å². The SMILES string of the molecule is O=C(NCCN(C(=O)Nc1ccc(Cl)cc1)c1cccc(C(F)(F)F)c1)c1cccc(C(F)(F)F)c1. The Morgan fingerprint density at radius 1 is 0.806 bits per heavy atom. The first kappa shape index (κ1) is 26.9. The number of urea groups is 1. The zero-order valence-electron chi connectivity index (χ0n) is 18.3. The van der Waals surface area contributed by atoms with E-state index in [0.29, 0.717) is 16.8 Å².